The van der Waals surface area contributed by atoms with Gasteiger partial charge in [-0.2, -0.15) is 5.10 Å². The van der Waals surface area contributed by atoms with Crippen LogP contribution in [0, 0.1) is 5.92 Å². The van der Waals surface area contributed by atoms with Crippen molar-refractivity contribution >= 4 is 40.7 Å². The van der Waals surface area contributed by atoms with E-state index in [1.165, 1.54) is 19.0 Å². The fraction of sp³-hybridized carbons (Fsp3) is 0.476. The van der Waals surface area contributed by atoms with E-state index in [2.05, 4.69) is 20.8 Å². The molecule has 9 heteroatoms. The van der Waals surface area contributed by atoms with Crippen molar-refractivity contribution in [3.8, 4) is 0 Å². The highest BCUT2D eigenvalue weighted by Gasteiger charge is 2.28. The Balaban J connectivity index is 1.32. The molecule has 0 radical (unpaired) electrons. The van der Waals surface area contributed by atoms with E-state index in [1.807, 2.05) is 0 Å². The van der Waals surface area contributed by atoms with Gasteiger partial charge in [-0.15, -0.1) is 0 Å². The number of nitrogens with zero attached hydrogens (tertiary/aromatic N) is 1. The second-order valence-corrected chi connectivity index (χ2v) is 8.74. The number of anilines is 1. The van der Waals surface area contributed by atoms with Gasteiger partial charge >= 0.3 is 0 Å². The Bertz CT molecular complexity index is 900. The van der Waals surface area contributed by atoms with Crippen LogP contribution in [0.25, 0.3) is 0 Å². The van der Waals surface area contributed by atoms with E-state index in [9.17, 15) is 9.59 Å². The summed E-state index contributed by atoms with van der Waals surface area (Å²) in [7, 11) is 0. The Morgan fingerprint density at radius 1 is 1.07 bits per heavy atom. The van der Waals surface area contributed by atoms with Crippen LogP contribution in [-0.4, -0.2) is 40.8 Å². The molecule has 2 aliphatic carbocycles. The number of rotatable bonds is 7. The Morgan fingerprint density at radius 3 is 2.43 bits per heavy atom. The van der Waals surface area contributed by atoms with Crippen LogP contribution >= 0.6 is 23.2 Å². The molecule has 0 atom stereocenters. The first-order valence-corrected chi connectivity index (χ1v) is 11.0. The van der Waals surface area contributed by atoms with E-state index in [-0.39, 0.29) is 38.9 Å². The topological polar surface area (TPSA) is 96.1 Å². The summed E-state index contributed by atoms with van der Waals surface area (Å²) in [6.07, 6.45) is 7.93. The Kier molecular flexibility index (Phi) is 6.61. The van der Waals surface area contributed by atoms with Crippen LogP contribution in [0.5, 0.6) is 0 Å². The largest absolute Gasteiger partial charge is 0.378 e. The van der Waals surface area contributed by atoms with Gasteiger partial charge in [0.15, 0.2) is 5.69 Å². The van der Waals surface area contributed by atoms with Gasteiger partial charge < -0.3 is 15.4 Å². The van der Waals surface area contributed by atoms with Crippen molar-refractivity contribution < 1.29 is 14.3 Å². The van der Waals surface area contributed by atoms with Gasteiger partial charge in [-0.1, -0.05) is 29.3 Å². The molecule has 1 aromatic heterocycles. The number of nitrogens with one attached hydrogen (secondary N) is 3. The van der Waals surface area contributed by atoms with Crippen molar-refractivity contribution in [1.82, 2.24) is 15.5 Å². The van der Waals surface area contributed by atoms with Crippen molar-refractivity contribution in [1.29, 1.82) is 0 Å². The molecule has 2 aliphatic rings. The molecule has 4 rings (SSSR count). The Morgan fingerprint density at radius 2 is 1.77 bits per heavy atom. The van der Waals surface area contributed by atoms with E-state index in [0.29, 0.717) is 6.10 Å². The zero-order valence-electron chi connectivity index (χ0n) is 16.4. The average molecular weight is 451 g/mol. The molecular formula is C21H24Cl2N4O3. The molecule has 2 fully saturated rings. The second-order valence-electron chi connectivity index (χ2n) is 7.92. The molecule has 0 aliphatic heterocycles. The minimum absolute atomic E-state index is 0.0662. The maximum Gasteiger partial charge on any atom is 0.274 e. The number of amides is 2. The SMILES string of the molecule is O=C(NC1CCC(OCC2CC2)CC1)c1n[nH]cc1NC(=O)c1c(Cl)cccc1Cl. The van der Waals surface area contributed by atoms with E-state index in [4.69, 9.17) is 27.9 Å². The maximum absolute atomic E-state index is 12.7. The minimum atomic E-state index is -0.505. The van der Waals surface area contributed by atoms with Crippen LogP contribution in [0.4, 0.5) is 5.69 Å². The number of aromatic nitrogens is 2. The first kappa shape index (κ1) is 21.2. The third-order valence-electron chi connectivity index (χ3n) is 5.57. The summed E-state index contributed by atoms with van der Waals surface area (Å²) in [5.74, 6) is -0.0788. The number of halogens is 2. The van der Waals surface area contributed by atoms with E-state index in [0.717, 1.165) is 38.2 Å². The number of carbonyl (C=O) groups excluding carboxylic acids is 2. The summed E-state index contributed by atoms with van der Waals surface area (Å²) in [4.78, 5) is 25.3. The molecule has 0 spiro atoms. The fourth-order valence-electron chi connectivity index (χ4n) is 3.64. The van der Waals surface area contributed by atoms with Gasteiger partial charge in [-0.3, -0.25) is 14.7 Å². The van der Waals surface area contributed by atoms with Crippen LogP contribution in [0.2, 0.25) is 10.0 Å². The fourth-order valence-corrected chi connectivity index (χ4v) is 4.21. The normalized spacial score (nSPS) is 21.3. The standard InChI is InChI=1S/C21H24Cl2N4O3/c22-15-2-1-3-16(23)18(15)20(28)26-17-10-24-27-19(17)21(29)25-13-6-8-14(9-7-13)30-11-12-4-5-12/h1-3,10,12-14H,4-9,11H2,(H,24,27)(H,25,29)(H,26,28). The second kappa shape index (κ2) is 9.37. The van der Waals surface area contributed by atoms with Gasteiger partial charge in [0.05, 0.1) is 27.4 Å². The number of hydrogen-bond donors (Lipinski definition) is 3. The summed E-state index contributed by atoms with van der Waals surface area (Å²) in [5, 5.41) is 12.8. The number of benzene rings is 1. The predicted molar refractivity (Wildman–Crippen MR) is 115 cm³/mol. The molecule has 160 valence electrons. The molecule has 2 amide bonds. The van der Waals surface area contributed by atoms with Gasteiger partial charge in [-0.25, -0.2) is 0 Å². The maximum atomic E-state index is 12.7. The third kappa shape index (κ3) is 5.14. The van der Waals surface area contributed by atoms with Gasteiger partial charge in [0.1, 0.15) is 0 Å². The summed E-state index contributed by atoms with van der Waals surface area (Å²) in [6.45, 7) is 0.869. The highest BCUT2D eigenvalue weighted by Crippen LogP contribution is 2.31. The summed E-state index contributed by atoms with van der Waals surface area (Å²) in [5.41, 5.74) is 0.548. The molecule has 7 nitrogen and oxygen atoms in total. The van der Waals surface area contributed by atoms with Gasteiger partial charge in [-0.05, 0) is 56.6 Å². The lowest BCUT2D eigenvalue weighted by molar-refractivity contribution is 0.0165. The molecule has 0 saturated heterocycles. The van der Waals surface area contributed by atoms with Gasteiger partial charge in [0, 0.05) is 18.8 Å². The number of hydrogen-bond acceptors (Lipinski definition) is 4. The summed E-state index contributed by atoms with van der Waals surface area (Å²) < 4.78 is 5.96. The van der Waals surface area contributed by atoms with Crippen LogP contribution in [-0.2, 0) is 4.74 Å². The van der Waals surface area contributed by atoms with Crippen LogP contribution in [0.3, 0.4) is 0 Å². The number of H-pyrrole nitrogens is 1. The Hall–Kier alpha value is -2.09. The molecule has 1 heterocycles. The number of ether oxygens (including phenoxy) is 1. The molecular weight excluding hydrogens is 427 g/mol. The number of aromatic amines is 1. The molecule has 0 bridgehead atoms. The molecule has 2 saturated carbocycles. The summed E-state index contributed by atoms with van der Waals surface area (Å²) in [6, 6.07) is 4.88. The van der Waals surface area contributed by atoms with E-state index < -0.39 is 5.91 Å². The third-order valence-corrected chi connectivity index (χ3v) is 6.20. The van der Waals surface area contributed by atoms with Crippen LogP contribution < -0.4 is 10.6 Å². The lowest BCUT2D eigenvalue weighted by Crippen LogP contribution is -2.39. The lowest BCUT2D eigenvalue weighted by Gasteiger charge is -2.29. The van der Waals surface area contributed by atoms with E-state index >= 15 is 0 Å². The molecule has 1 aromatic carbocycles. The van der Waals surface area contributed by atoms with Crippen molar-refractivity contribution in [3.05, 3.63) is 45.7 Å². The summed E-state index contributed by atoms with van der Waals surface area (Å²) >= 11 is 12.2. The monoisotopic (exact) mass is 450 g/mol. The average Bonchev–Trinajstić information content (AvgIpc) is 3.44. The highest BCUT2D eigenvalue weighted by molar-refractivity contribution is 6.40. The van der Waals surface area contributed by atoms with Gasteiger partial charge in [0.2, 0.25) is 0 Å². The highest BCUT2D eigenvalue weighted by atomic mass is 35.5. The molecule has 0 unspecified atom stereocenters. The van der Waals surface area contributed by atoms with Crippen LogP contribution in [0.15, 0.2) is 24.4 Å². The Labute approximate surface area is 184 Å². The minimum Gasteiger partial charge on any atom is -0.378 e. The predicted octanol–water partition coefficient (Wildman–Crippen LogP) is 4.44. The smallest absolute Gasteiger partial charge is 0.274 e. The van der Waals surface area contributed by atoms with Gasteiger partial charge in [0.25, 0.3) is 11.8 Å². The number of carbonyl (C=O) groups is 2. The molecule has 3 N–H and O–H groups in total. The molecule has 30 heavy (non-hydrogen) atoms. The zero-order valence-corrected chi connectivity index (χ0v) is 17.9. The molecule has 2 aromatic rings. The zero-order chi connectivity index (χ0) is 21.1. The van der Waals surface area contributed by atoms with Crippen molar-refractivity contribution in [3.63, 3.8) is 0 Å². The van der Waals surface area contributed by atoms with Crippen molar-refractivity contribution in [2.24, 2.45) is 5.92 Å². The first-order chi connectivity index (χ1) is 14.5. The van der Waals surface area contributed by atoms with Crippen molar-refractivity contribution in [2.45, 2.75) is 50.7 Å². The van der Waals surface area contributed by atoms with Crippen molar-refractivity contribution in [2.75, 3.05) is 11.9 Å². The lowest BCUT2D eigenvalue weighted by atomic mass is 9.93. The first-order valence-electron chi connectivity index (χ1n) is 10.2. The quantitative estimate of drug-likeness (QED) is 0.580. The van der Waals surface area contributed by atoms with Crippen LogP contribution in [0.1, 0.15) is 59.4 Å². The van der Waals surface area contributed by atoms with E-state index in [1.54, 1.807) is 18.2 Å².